The first-order chi connectivity index (χ1) is 19.8. The molecular formula is C38H39OP. The number of rotatable bonds is 5. The van der Waals surface area contributed by atoms with E-state index in [0.29, 0.717) is 0 Å². The summed E-state index contributed by atoms with van der Waals surface area (Å²) >= 11 is 0. The van der Waals surface area contributed by atoms with Gasteiger partial charge in [-0.1, -0.05) is 131 Å². The average Bonchev–Trinajstić information content (AvgIpc) is 3.03. The molecule has 0 aromatic heterocycles. The lowest BCUT2D eigenvalue weighted by Gasteiger charge is -2.38. The zero-order chi connectivity index (χ0) is 27.0. The van der Waals surface area contributed by atoms with E-state index in [9.17, 15) is 0 Å². The Hall–Kier alpha value is -3.15. The molecule has 5 aromatic carbocycles. The number of para-hydroxylation sites is 1. The molecule has 0 unspecified atom stereocenters. The van der Waals surface area contributed by atoms with Gasteiger partial charge in [0.1, 0.15) is 11.5 Å². The van der Waals surface area contributed by atoms with Crippen molar-refractivity contribution in [3.8, 4) is 11.5 Å². The van der Waals surface area contributed by atoms with E-state index < -0.39 is 0 Å². The molecule has 2 heteroatoms. The fraction of sp³-hybridized carbons (Fsp3) is 0.316. The van der Waals surface area contributed by atoms with Gasteiger partial charge in [0, 0.05) is 6.07 Å². The van der Waals surface area contributed by atoms with Gasteiger partial charge in [0.05, 0.1) is 0 Å². The van der Waals surface area contributed by atoms with Gasteiger partial charge in [0.15, 0.2) is 0 Å². The lowest BCUT2D eigenvalue weighted by Crippen LogP contribution is -2.26. The predicted molar refractivity (Wildman–Crippen MR) is 172 cm³/mol. The topological polar surface area (TPSA) is 9.23 Å². The van der Waals surface area contributed by atoms with E-state index in [1.807, 2.05) is 60.7 Å². The quantitative estimate of drug-likeness (QED) is 0.201. The van der Waals surface area contributed by atoms with E-state index in [-0.39, 0.29) is 7.92 Å². The van der Waals surface area contributed by atoms with Crippen molar-refractivity contribution < 1.29 is 4.74 Å². The van der Waals surface area contributed by atoms with Gasteiger partial charge in [-0.05, 0) is 88.1 Å². The maximum atomic E-state index is 5.73. The third-order valence-electron chi connectivity index (χ3n) is 8.46. The van der Waals surface area contributed by atoms with Crippen molar-refractivity contribution in [3.05, 3.63) is 115 Å². The van der Waals surface area contributed by atoms with Crippen LogP contribution in [0.15, 0.2) is 103 Å². The number of hydrogen-bond donors (Lipinski definition) is 0. The molecule has 0 aliphatic heterocycles. The van der Waals surface area contributed by atoms with Crippen molar-refractivity contribution in [2.24, 2.45) is 0 Å². The molecule has 2 fully saturated rings. The Balaban J connectivity index is 0.000000151. The SMILES string of the molecule is [c]1c(Oc2ccccc2)ccc2ccccc12.[c]1c(P(C2CCCCC2)C2CCCCC2)ccc2ccccc12. The Bertz CT molecular complexity index is 1480. The molecule has 0 N–H and O–H groups in total. The maximum Gasteiger partial charge on any atom is 0.136 e. The van der Waals surface area contributed by atoms with E-state index in [4.69, 9.17) is 4.74 Å². The van der Waals surface area contributed by atoms with Crippen molar-refractivity contribution in [2.45, 2.75) is 75.5 Å². The fourth-order valence-corrected chi connectivity index (χ4v) is 10.2. The van der Waals surface area contributed by atoms with Crippen LogP contribution in [0.25, 0.3) is 21.5 Å². The van der Waals surface area contributed by atoms with Crippen molar-refractivity contribution >= 4 is 34.8 Å². The zero-order valence-corrected chi connectivity index (χ0v) is 24.3. The molecule has 2 aliphatic rings. The number of hydrogen-bond acceptors (Lipinski definition) is 1. The predicted octanol–water partition coefficient (Wildman–Crippen LogP) is 10.8. The molecule has 0 atom stereocenters. The van der Waals surface area contributed by atoms with Crippen LogP contribution in [0, 0.1) is 12.1 Å². The highest BCUT2D eigenvalue weighted by molar-refractivity contribution is 7.67. The fourth-order valence-electron chi connectivity index (χ4n) is 6.44. The molecule has 1 nitrogen and oxygen atoms in total. The second-order valence-corrected chi connectivity index (χ2v) is 14.0. The minimum Gasteiger partial charge on any atom is -0.457 e. The summed E-state index contributed by atoms with van der Waals surface area (Å²) in [6.07, 6.45) is 14.7. The van der Waals surface area contributed by atoms with E-state index in [1.165, 1.54) is 80.4 Å². The molecule has 0 saturated heterocycles. The van der Waals surface area contributed by atoms with E-state index in [0.717, 1.165) is 28.2 Å². The monoisotopic (exact) mass is 542 g/mol. The van der Waals surface area contributed by atoms with Crippen LogP contribution in [0.1, 0.15) is 64.2 Å². The second kappa shape index (κ2) is 13.5. The summed E-state index contributed by atoms with van der Waals surface area (Å²) in [5.41, 5.74) is 1.94. The minimum atomic E-state index is -0.0209. The summed E-state index contributed by atoms with van der Waals surface area (Å²) in [5, 5.41) is 6.49. The van der Waals surface area contributed by atoms with Crippen molar-refractivity contribution in [2.75, 3.05) is 0 Å². The first kappa shape index (κ1) is 27.0. The maximum absolute atomic E-state index is 5.73. The number of benzene rings is 5. The summed E-state index contributed by atoms with van der Waals surface area (Å²) in [5.74, 6) is 1.58. The first-order valence-electron chi connectivity index (χ1n) is 15.2. The van der Waals surface area contributed by atoms with Gasteiger partial charge in [-0.2, -0.15) is 0 Å². The minimum absolute atomic E-state index is 0.0209. The van der Waals surface area contributed by atoms with Gasteiger partial charge in [-0.15, -0.1) is 0 Å². The highest BCUT2D eigenvalue weighted by atomic mass is 31.1. The van der Waals surface area contributed by atoms with Crippen LogP contribution >= 0.6 is 7.92 Å². The summed E-state index contributed by atoms with van der Waals surface area (Å²) in [6, 6.07) is 42.5. The summed E-state index contributed by atoms with van der Waals surface area (Å²) in [7, 11) is -0.0209. The molecule has 0 amide bonds. The largest absolute Gasteiger partial charge is 0.457 e. The van der Waals surface area contributed by atoms with Crippen LogP contribution in [-0.4, -0.2) is 11.3 Å². The summed E-state index contributed by atoms with van der Waals surface area (Å²) < 4.78 is 5.73. The molecule has 0 heterocycles. The summed E-state index contributed by atoms with van der Waals surface area (Å²) in [4.78, 5) is 0. The van der Waals surface area contributed by atoms with Crippen molar-refractivity contribution in [1.82, 2.24) is 0 Å². The Morgan fingerprint density at radius 2 is 1.02 bits per heavy atom. The van der Waals surface area contributed by atoms with Crippen LogP contribution in [0.3, 0.4) is 0 Å². The smallest absolute Gasteiger partial charge is 0.136 e. The molecule has 2 aliphatic carbocycles. The molecule has 2 saturated carbocycles. The van der Waals surface area contributed by atoms with Crippen LogP contribution in [0.2, 0.25) is 0 Å². The standard InChI is InChI=1S/C22H28P.C16H11O/c1-3-11-20(12-4-1)23(21-13-5-2-6-14-21)22-16-15-18-9-7-8-10-19(18)17-22;1-2-8-15(9-3-1)17-16-11-10-13-6-4-5-7-14(13)12-16/h7-10,15-16,20-21H,1-6,11-14H2;1-11H. The molecule has 0 spiro atoms. The van der Waals surface area contributed by atoms with Gasteiger partial charge < -0.3 is 4.74 Å². The Kier molecular flexibility index (Phi) is 9.11. The molecule has 202 valence electrons. The second-order valence-electron chi connectivity index (χ2n) is 11.2. The summed E-state index contributed by atoms with van der Waals surface area (Å²) in [6.45, 7) is 0. The molecule has 0 bridgehead atoms. The Labute approximate surface area is 241 Å². The lowest BCUT2D eigenvalue weighted by molar-refractivity contribution is 0.482. The highest BCUT2D eigenvalue weighted by Gasteiger charge is 2.32. The first-order valence-corrected chi connectivity index (χ1v) is 16.6. The van der Waals surface area contributed by atoms with Gasteiger partial charge in [-0.25, -0.2) is 0 Å². The molecule has 40 heavy (non-hydrogen) atoms. The van der Waals surface area contributed by atoms with Crippen LogP contribution in [-0.2, 0) is 0 Å². The van der Waals surface area contributed by atoms with Crippen LogP contribution in [0.5, 0.6) is 11.5 Å². The lowest BCUT2D eigenvalue weighted by atomic mass is 9.99. The van der Waals surface area contributed by atoms with E-state index >= 15 is 0 Å². The molecular weight excluding hydrogens is 503 g/mol. The number of ether oxygens (including phenoxy) is 1. The Morgan fingerprint density at radius 3 is 1.65 bits per heavy atom. The highest BCUT2D eigenvalue weighted by Crippen LogP contribution is 2.55. The van der Waals surface area contributed by atoms with E-state index in [2.05, 4.69) is 54.6 Å². The van der Waals surface area contributed by atoms with Crippen molar-refractivity contribution in [3.63, 3.8) is 0 Å². The molecule has 7 rings (SSSR count). The van der Waals surface area contributed by atoms with Gasteiger partial charge >= 0.3 is 0 Å². The molecule has 2 radical (unpaired) electrons. The normalized spacial score (nSPS) is 16.5. The van der Waals surface area contributed by atoms with Crippen LogP contribution in [0.4, 0.5) is 0 Å². The third-order valence-corrected chi connectivity index (χ3v) is 11.9. The zero-order valence-electron chi connectivity index (χ0n) is 23.4. The average molecular weight is 543 g/mol. The van der Waals surface area contributed by atoms with E-state index in [1.54, 1.807) is 5.30 Å². The van der Waals surface area contributed by atoms with Gasteiger partial charge in [0.25, 0.3) is 0 Å². The third kappa shape index (κ3) is 6.76. The van der Waals surface area contributed by atoms with Crippen molar-refractivity contribution in [1.29, 1.82) is 0 Å². The Morgan fingerprint density at radius 1 is 0.500 bits per heavy atom. The van der Waals surface area contributed by atoms with Crippen LogP contribution < -0.4 is 10.0 Å². The van der Waals surface area contributed by atoms with Gasteiger partial charge in [0.2, 0.25) is 0 Å². The van der Waals surface area contributed by atoms with Gasteiger partial charge in [-0.3, -0.25) is 0 Å². The number of fused-ring (bicyclic) bond motifs is 2. The molecule has 5 aromatic rings.